The van der Waals surface area contributed by atoms with Crippen LogP contribution in [-0.4, -0.2) is 18.5 Å². The van der Waals surface area contributed by atoms with Gasteiger partial charge in [0, 0.05) is 36.1 Å². The van der Waals surface area contributed by atoms with Crippen molar-refractivity contribution in [1.29, 1.82) is 0 Å². The molecule has 1 heterocycles. The van der Waals surface area contributed by atoms with Crippen molar-refractivity contribution in [1.82, 2.24) is 10.6 Å². The maximum atomic E-state index is 11.3. The zero-order valence-corrected chi connectivity index (χ0v) is 10.6. The average Bonchev–Trinajstić information content (AvgIpc) is 2.58. The molecule has 1 rings (SSSR count). The van der Waals surface area contributed by atoms with Gasteiger partial charge in [-0.15, -0.1) is 11.3 Å². The maximum Gasteiger partial charge on any atom is 0.221 e. The lowest BCUT2D eigenvalue weighted by molar-refractivity contribution is -0.121. The van der Waals surface area contributed by atoms with E-state index in [9.17, 15) is 4.79 Å². The molecule has 0 aliphatic rings. The van der Waals surface area contributed by atoms with E-state index in [1.807, 2.05) is 25.3 Å². The molecule has 0 aliphatic heterocycles. The number of carbonyl (C=O) groups excluding carboxylic acids is 1. The van der Waals surface area contributed by atoms with Gasteiger partial charge in [0.2, 0.25) is 5.91 Å². The average molecular weight is 241 g/mol. The summed E-state index contributed by atoms with van der Waals surface area (Å²) in [7, 11) is 0. The lowest BCUT2D eigenvalue weighted by Gasteiger charge is -2.08. The van der Waals surface area contributed by atoms with Crippen LogP contribution >= 0.6 is 11.3 Å². The zero-order chi connectivity index (χ0) is 12.0. The van der Waals surface area contributed by atoms with Gasteiger partial charge in [0.15, 0.2) is 0 Å². The number of carbonyl (C=O) groups is 1. The number of hydrogen-bond acceptors (Lipinski definition) is 4. The van der Waals surface area contributed by atoms with Crippen molar-refractivity contribution >= 4 is 22.9 Å². The standard InChI is InChI=1S/C11H19N3OS/c1-8(2)14-11(15)3-5-13-7-10-9(12)4-6-16-10/h4,6,8,13H,3,5,7,12H2,1-2H3,(H,14,15). The minimum Gasteiger partial charge on any atom is -0.398 e. The fraction of sp³-hybridized carbons (Fsp3) is 0.545. The Bertz CT molecular complexity index is 336. The van der Waals surface area contributed by atoms with Crippen molar-refractivity contribution in [2.24, 2.45) is 0 Å². The molecule has 90 valence electrons. The van der Waals surface area contributed by atoms with Crippen LogP contribution in [0, 0.1) is 0 Å². The van der Waals surface area contributed by atoms with Crippen molar-refractivity contribution < 1.29 is 4.79 Å². The topological polar surface area (TPSA) is 67.2 Å². The Morgan fingerprint density at radius 2 is 2.31 bits per heavy atom. The smallest absolute Gasteiger partial charge is 0.221 e. The Morgan fingerprint density at radius 1 is 1.56 bits per heavy atom. The second-order valence-corrected chi connectivity index (χ2v) is 4.95. The van der Waals surface area contributed by atoms with Crippen LogP contribution in [-0.2, 0) is 11.3 Å². The molecule has 5 heteroatoms. The molecule has 0 unspecified atom stereocenters. The first-order valence-corrected chi connectivity index (χ1v) is 6.29. The summed E-state index contributed by atoms with van der Waals surface area (Å²) in [6, 6.07) is 2.10. The van der Waals surface area contributed by atoms with Gasteiger partial charge in [0.25, 0.3) is 0 Å². The van der Waals surface area contributed by atoms with Gasteiger partial charge in [0.1, 0.15) is 0 Å². The van der Waals surface area contributed by atoms with E-state index in [1.165, 1.54) is 0 Å². The van der Waals surface area contributed by atoms with E-state index in [4.69, 9.17) is 5.73 Å². The zero-order valence-electron chi connectivity index (χ0n) is 9.75. The Kier molecular flexibility index (Phi) is 5.28. The summed E-state index contributed by atoms with van der Waals surface area (Å²) >= 11 is 1.63. The van der Waals surface area contributed by atoms with E-state index in [1.54, 1.807) is 11.3 Å². The molecule has 4 nitrogen and oxygen atoms in total. The first kappa shape index (κ1) is 13.0. The number of anilines is 1. The van der Waals surface area contributed by atoms with Crippen LogP contribution in [0.3, 0.4) is 0 Å². The van der Waals surface area contributed by atoms with E-state index in [-0.39, 0.29) is 11.9 Å². The third kappa shape index (κ3) is 4.63. The molecule has 0 aromatic carbocycles. The summed E-state index contributed by atoms with van der Waals surface area (Å²) in [6.45, 7) is 5.32. The van der Waals surface area contributed by atoms with Crippen molar-refractivity contribution in [3.8, 4) is 0 Å². The number of amides is 1. The minimum absolute atomic E-state index is 0.0849. The quantitative estimate of drug-likeness (QED) is 0.658. The lowest BCUT2D eigenvalue weighted by atomic mass is 10.3. The molecule has 0 atom stereocenters. The highest BCUT2D eigenvalue weighted by Crippen LogP contribution is 2.17. The van der Waals surface area contributed by atoms with Gasteiger partial charge in [-0.25, -0.2) is 0 Å². The predicted molar refractivity (Wildman–Crippen MR) is 68.3 cm³/mol. The van der Waals surface area contributed by atoms with Crippen LogP contribution < -0.4 is 16.4 Å². The van der Waals surface area contributed by atoms with Crippen molar-refractivity contribution in [3.63, 3.8) is 0 Å². The molecule has 0 saturated heterocycles. The number of rotatable bonds is 6. The van der Waals surface area contributed by atoms with Crippen LogP contribution in [0.4, 0.5) is 5.69 Å². The van der Waals surface area contributed by atoms with Gasteiger partial charge in [-0.1, -0.05) is 0 Å². The molecule has 16 heavy (non-hydrogen) atoms. The maximum absolute atomic E-state index is 11.3. The molecule has 0 aliphatic carbocycles. The van der Waals surface area contributed by atoms with Crippen LogP contribution in [0.15, 0.2) is 11.4 Å². The van der Waals surface area contributed by atoms with Gasteiger partial charge >= 0.3 is 0 Å². The Hall–Kier alpha value is -1.07. The second kappa shape index (κ2) is 6.50. The summed E-state index contributed by atoms with van der Waals surface area (Å²) in [5.74, 6) is 0.0849. The molecule has 1 aromatic rings. The number of nitrogens with two attached hydrogens (primary N) is 1. The number of thiophene rings is 1. The summed E-state index contributed by atoms with van der Waals surface area (Å²) in [6.07, 6.45) is 0.503. The fourth-order valence-electron chi connectivity index (χ4n) is 1.29. The number of nitrogen functional groups attached to an aromatic ring is 1. The van der Waals surface area contributed by atoms with E-state index < -0.39 is 0 Å². The monoisotopic (exact) mass is 241 g/mol. The molecule has 4 N–H and O–H groups in total. The molecule has 0 spiro atoms. The van der Waals surface area contributed by atoms with Gasteiger partial charge < -0.3 is 16.4 Å². The first-order valence-electron chi connectivity index (χ1n) is 5.41. The highest BCUT2D eigenvalue weighted by atomic mass is 32.1. The molecule has 1 amide bonds. The number of nitrogens with one attached hydrogen (secondary N) is 2. The SMILES string of the molecule is CC(C)NC(=O)CCNCc1sccc1N. The van der Waals surface area contributed by atoms with Gasteiger partial charge in [-0.3, -0.25) is 4.79 Å². The largest absolute Gasteiger partial charge is 0.398 e. The Morgan fingerprint density at radius 3 is 2.88 bits per heavy atom. The normalized spacial score (nSPS) is 10.7. The van der Waals surface area contributed by atoms with Crippen LogP contribution in [0.5, 0.6) is 0 Å². The Labute approximate surface area is 100 Å². The number of hydrogen-bond donors (Lipinski definition) is 3. The Balaban J connectivity index is 2.13. The van der Waals surface area contributed by atoms with E-state index >= 15 is 0 Å². The summed E-state index contributed by atoms with van der Waals surface area (Å²) < 4.78 is 0. The lowest BCUT2D eigenvalue weighted by Crippen LogP contribution is -2.32. The summed E-state index contributed by atoms with van der Waals surface area (Å²) in [5.41, 5.74) is 6.56. The van der Waals surface area contributed by atoms with Gasteiger partial charge in [-0.2, -0.15) is 0 Å². The summed E-state index contributed by atoms with van der Waals surface area (Å²) in [5, 5.41) is 8.02. The van der Waals surface area contributed by atoms with Crippen LogP contribution in [0.2, 0.25) is 0 Å². The second-order valence-electron chi connectivity index (χ2n) is 3.95. The predicted octanol–water partition coefficient (Wildman–Crippen LogP) is 1.33. The third-order valence-electron chi connectivity index (χ3n) is 2.04. The highest BCUT2D eigenvalue weighted by molar-refractivity contribution is 7.10. The molecule has 0 bridgehead atoms. The van der Waals surface area contributed by atoms with E-state index in [2.05, 4.69) is 10.6 Å². The molecule has 0 saturated carbocycles. The van der Waals surface area contributed by atoms with Crippen LogP contribution in [0.25, 0.3) is 0 Å². The molecular weight excluding hydrogens is 222 g/mol. The van der Waals surface area contributed by atoms with Gasteiger partial charge in [-0.05, 0) is 25.3 Å². The molecule has 0 radical (unpaired) electrons. The van der Waals surface area contributed by atoms with E-state index in [0.717, 1.165) is 17.1 Å². The van der Waals surface area contributed by atoms with Crippen LogP contribution in [0.1, 0.15) is 25.1 Å². The van der Waals surface area contributed by atoms with Crippen molar-refractivity contribution in [3.05, 3.63) is 16.3 Å². The molecule has 1 aromatic heterocycles. The van der Waals surface area contributed by atoms with Crippen molar-refractivity contribution in [2.45, 2.75) is 32.9 Å². The first-order chi connectivity index (χ1) is 7.59. The third-order valence-corrected chi connectivity index (χ3v) is 2.98. The molecule has 0 fully saturated rings. The van der Waals surface area contributed by atoms with E-state index in [0.29, 0.717) is 13.0 Å². The summed E-state index contributed by atoms with van der Waals surface area (Å²) in [4.78, 5) is 12.4. The molecular formula is C11H19N3OS. The minimum atomic E-state index is 0.0849. The van der Waals surface area contributed by atoms with Gasteiger partial charge in [0.05, 0.1) is 0 Å². The fourth-order valence-corrected chi connectivity index (χ4v) is 2.06. The van der Waals surface area contributed by atoms with Crippen molar-refractivity contribution in [2.75, 3.05) is 12.3 Å². The highest BCUT2D eigenvalue weighted by Gasteiger charge is 2.03.